The van der Waals surface area contributed by atoms with E-state index >= 15 is 0 Å². The molecule has 2 atom stereocenters. The number of anilines is 1. The molecular weight excluding hydrogens is 335 g/mol. The molecule has 1 saturated heterocycles. The lowest BCUT2D eigenvalue weighted by atomic mass is 9.86. The zero-order chi connectivity index (χ0) is 18.7. The molecule has 0 bridgehead atoms. The molecule has 0 aromatic carbocycles. The van der Waals surface area contributed by atoms with Gasteiger partial charge in [-0.1, -0.05) is 0 Å². The number of nitrogens with zero attached hydrogens (tertiary/aromatic N) is 5. The SMILES string of the molecule is CN(C[C@@H]1CCCN(C)[C@H]1c1cnn(C)c1)C(=O)Nc1ccncc1F. The molecule has 2 aromatic rings. The first kappa shape index (κ1) is 18.3. The predicted octanol–water partition coefficient (Wildman–Crippen LogP) is 2.50. The highest BCUT2D eigenvalue weighted by molar-refractivity contribution is 5.89. The maximum absolute atomic E-state index is 13.7. The van der Waals surface area contributed by atoms with E-state index in [9.17, 15) is 9.18 Å². The first-order valence-electron chi connectivity index (χ1n) is 8.76. The van der Waals surface area contributed by atoms with E-state index in [4.69, 9.17) is 0 Å². The van der Waals surface area contributed by atoms with Crippen molar-refractivity contribution >= 4 is 11.7 Å². The molecule has 0 unspecified atom stereocenters. The van der Waals surface area contributed by atoms with Crippen molar-refractivity contribution in [3.05, 3.63) is 42.2 Å². The van der Waals surface area contributed by atoms with Crippen molar-refractivity contribution in [2.24, 2.45) is 13.0 Å². The third-order valence-electron chi connectivity index (χ3n) is 4.94. The fourth-order valence-corrected chi connectivity index (χ4v) is 3.69. The number of nitrogens with one attached hydrogen (secondary N) is 1. The van der Waals surface area contributed by atoms with Gasteiger partial charge in [0.2, 0.25) is 0 Å². The van der Waals surface area contributed by atoms with E-state index in [1.165, 1.54) is 12.3 Å². The summed E-state index contributed by atoms with van der Waals surface area (Å²) >= 11 is 0. The molecule has 1 fully saturated rings. The predicted molar refractivity (Wildman–Crippen MR) is 97.1 cm³/mol. The fraction of sp³-hybridized carbons (Fsp3) is 0.500. The van der Waals surface area contributed by atoms with Gasteiger partial charge >= 0.3 is 6.03 Å². The average molecular weight is 360 g/mol. The van der Waals surface area contributed by atoms with Crippen molar-refractivity contribution in [1.82, 2.24) is 24.6 Å². The summed E-state index contributed by atoms with van der Waals surface area (Å²) in [6, 6.07) is 1.34. The number of amides is 2. The van der Waals surface area contributed by atoms with Crippen LogP contribution in [0, 0.1) is 11.7 Å². The largest absolute Gasteiger partial charge is 0.327 e. The zero-order valence-corrected chi connectivity index (χ0v) is 15.4. The number of urea groups is 1. The molecule has 0 saturated carbocycles. The second-order valence-electron chi connectivity index (χ2n) is 6.94. The van der Waals surface area contributed by atoms with Crippen molar-refractivity contribution < 1.29 is 9.18 Å². The normalized spacial score (nSPS) is 20.8. The molecule has 7 nitrogen and oxygen atoms in total. The molecule has 26 heavy (non-hydrogen) atoms. The van der Waals surface area contributed by atoms with Crippen LogP contribution in [0.4, 0.5) is 14.9 Å². The maximum Gasteiger partial charge on any atom is 0.321 e. The van der Waals surface area contributed by atoms with E-state index in [2.05, 4.69) is 27.3 Å². The van der Waals surface area contributed by atoms with E-state index < -0.39 is 5.82 Å². The minimum absolute atomic E-state index is 0.140. The van der Waals surface area contributed by atoms with Crippen LogP contribution in [-0.4, -0.2) is 57.8 Å². The topological polar surface area (TPSA) is 66.3 Å². The summed E-state index contributed by atoms with van der Waals surface area (Å²) in [7, 11) is 5.75. The number of halogens is 1. The molecule has 2 amide bonds. The number of rotatable bonds is 4. The molecule has 0 spiro atoms. The van der Waals surface area contributed by atoms with Crippen LogP contribution in [0.15, 0.2) is 30.9 Å². The number of likely N-dealkylation sites (tertiary alicyclic amines) is 1. The molecule has 0 radical (unpaired) electrons. The summed E-state index contributed by atoms with van der Waals surface area (Å²) in [6.45, 7) is 1.61. The number of hydrogen-bond acceptors (Lipinski definition) is 4. The van der Waals surface area contributed by atoms with Gasteiger partial charge < -0.3 is 10.2 Å². The summed E-state index contributed by atoms with van der Waals surface area (Å²) in [5.74, 6) is -0.254. The van der Waals surface area contributed by atoms with Crippen LogP contribution < -0.4 is 5.32 Å². The zero-order valence-electron chi connectivity index (χ0n) is 15.4. The molecule has 0 aliphatic carbocycles. The van der Waals surface area contributed by atoms with E-state index in [-0.39, 0.29) is 23.7 Å². The molecule has 1 aliphatic heterocycles. The fourth-order valence-electron chi connectivity index (χ4n) is 3.69. The lowest BCUT2D eigenvalue weighted by Crippen LogP contribution is -2.43. The Bertz CT molecular complexity index is 764. The summed E-state index contributed by atoms with van der Waals surface area (Å²) in [5, 5.41) is 6.90. The minimum atomic E-state index is -0.542. The van der Waals surface area contributed by atoms with Gasteiger partial charge in [-0.25, -0.2) is 9.18 Å². The molecule has 140 valence electrons. The molecule has 8 heteroatoms. The van der Waals surface area contributed by atoms with Crippen LogP contribution in [-0.2, 0) is 7.05 Å². The summed E-state index contributed by atoms with van der Waals surface area (Å²) in [6.07, 6.45) is 8.59. The molecule has 1 aliphatic rings. The molecule has 1 N–H and O–H groups in total. The summed E-state index contributed by atoms with van der Waals surface area (Å²) in [5.41, 5.74) is 1.30. The van der Waals surface area contributed by atoms with Gasteiger partial charge in [-0.05, 0) is 38.4 Å². The van der Waals surface area contributed by atoms with Gasteiger partial charge in [0.15, 0.2) is 5.82 Å². The quantitative estimate of drug-likeness (QED) is 0.910. The Morgan fingerprint density at radius 2 is 2.23 bits per heavy atom. The van der Waals surface area contributed by atoms with Crippen LogP contribution in [0.1, 0.15) is 24.4 Å². The Kier molecular flexibility index (Phi) is 5.51. The minimum Gasteiger partial charge on any atom is -0.327 e. The Hall–Kier alpha value is -2.48. The highest BCUT2D eigenvalue weighted by atomic mass is 19.1. The number of aromatic nitrogens is 3. The number of carbonyl (C=O) groups excluding carboxylic acids is 1. The number of pyridine rings is 1. The van der Waals surface area contributed by atoms with Crippen LogP contribution in [0.5, 0.6) is 0 Å². The molecule has 2 aromatic heterocycles. The monoisotopic (exact) mass is 360 g/mol. The van der Waals surface area contributed by atoms with Crippen LogP contribution in [0.3, 0.4) is 0 Å². The van der Waals surface area contributed by atoms with Crippen LogP contribution in [0.2, 0.25) is 0 Å². The third-order valence-corrected chi connectivity index (χ3v) is 4.94. The van der Waals surface area contributed by atoms with Crippen molar-refractivity contribution in [2.45, 2.75) is 18.9 Å². The Labute approximate surface area is 152 Å². The Morgan fingerprint density at radius 3 is 2.92 bits per heavy atom. The van der Waals surface area contributed by atoms with Crippen LogP contribution in [0.25, 0.3) is 0 Å². The smallest absolute Gasteiger partial charge is 0.321 e. The number of aryl methyl sites for hydroxylation is 1. The number of hydrogen-bond donors (Lipinski definition) is 1. The Morgan fingerprint density at radius 1 is 1.42 bits per heavy atom. The maximum atomic E-state index is 13.7. The summed E-state index contributed by atoms with van der Waals surface area (Å²) < 4.78 is 15.5. The highest BCUT2D eigenvalue weighted by Gasteiger charge is 2.32. The third kappa shape index (κ3) is 4.01. The van der Waals surface area contributed by atoms with Crippen molar-refractivity contribution in [3.8, 4) is 0 Å². The molecular formula is C18H25FN6O. The second-order valence-corrected chi connectivity index (χ2v) is 6.94. The summed E-state index contributed by atoms with van der Waals surface area (Å²) in [4.78, 5) is 20.1. The molecule has 3 rings (SSSR count). The van der Waals surface area contributed by atoms with Gasteiger partial charge in [0, 0.05) is 44.6 Å². The van der Waals surface area contributed by atoms with Gasteiger partial charge in [-0.15, -0.1) is 0 Å². The second kappa shape index (κ2) is 7.82. The van der Waals surface area contributed by atoms with Crippen molar-refractivity contribution in [1.29, 1.82) is 0 Å². The van der Waals surface area contributed by atoms with Crippen molar-refractivity contribution in [3.63, 3.8) is 0 Å². The van der Waals surface area contributed by atoms with Gasteiger partial charge in [0.05, 0.1) is 18.1 Å². The van der Waals surface area contributed by atoms with Gasteiger partial charge in [0.1, 0.15) is 0 Å². The van der Waals surface area contributed by atoms with E-state index in [0.717, 1.165) is 31.1 Å². The number of carbonyl (C=O) groups is 1. The van der Waals surface area contributed by atoms with Gasteiger partial charge in [-0.3, -0.25) is 14.6 Å². The van der Waals surface area contributed by atoms with Gasteiger partial charge in [0.25, 0.3) is 0 Å². The first-order chi connectivity index (χ1) is 12.5. The first-order valence-corrected chi connectivity index (χ1v) is 8.76. The van der Waals surface area contributed by atoms with Crippen LogP contribution >= 0.6 is 0 Å². The van der Waals surface area contributed by atoms with E-state index in [1.807, 2.05) is 19.4 Å². The van der Waals surface area contributed by atoms with Crippen molar-refractivity contribution in [2.75, 3.05) is 32.5 Å². The highest BCUT2D eigenvalue weighted by Crippen LogP contribution is 2.35. The lowest BCUT2D eigenvalue weighted by molar-refractivity contribution is 0.101. The number of piperidine rings is 1. The lowest BCUT2D eigenvalue weighted by Gasteiger charge is -2.40. The molecule has 3 heterocycles. The Balaban J connectivity index is 1.69. The van der Waals surface area contributed by atoms with Gasteiger partial charge in [-0.2, -0.15) is 5.10 Å². The van der Waals surface area contributed by atoms with E-state index in [1.54, 1.807) is 16.6 Å². The van der Waals surface area contributed by atoms with E-state index in [0.29, 0.717) is 6.54 Å². The average Bonchev–Trinajstić information content (AvgIpc) is 3.03. The standard InChI is InChI=1S/C18H25FN6O/c1-23-8-4-5-13(17(23)14-9-21-25(3)12-14)11-24(2)18(26)22-16-6-7-20-10-15(16)19/h6-7,9-10,12-13,17H,4-5,8,11H2,1-3H3,(H,20,22,26)/t13-,17+/m0/s1.